The third-order valence-corrected chi connectivity index (χ3v) is 3.07. The predicted molar refractivity (Wildman–Crippen MR) is 69.5 cm³/mol. The summed E-state index contributed by atoms with van der Waals surface area (Å²) in [5.41, 5.74) is 0.603. The first-order chi connectivity index (χ1) is 8.40. The number of hydrogen-bond donors (Lipinski definition) is 2. The van der Waals surface area contributed by atoms with Crippen molar-refractivity contribution in [1.82, 2.24) is 0 Å². The summed E-state index contributed by atoms with van der Waals surface area (Å²) in [5, 5.41) is 10.8. The van der Waals surface area contributed by atoms with Crippen LogP contribution in [0.3, 0.4) is 0 Å². The van der Waals surface area contributed by atoms with Crippen molar-refractivity contribution in [1.29, 1.82) is 0 Å². The molecule has 0 saturated carbocycles. The number of phenolic OH excluding ortho intramolecular Hbond substituents is 1. The maximum absolute atomic E-state index is 11.1. The molecule has 0 saturated heterocycles. The van der Waals surface area contributed by atoms with E-state index < -0.39 is 10.0 Å². The van der Waals surface area contributed by atoms with E-state index in [9.17, 15) is 18.3 Å². The highest BCUT2D eigenvalue weighted by molar-refractivity contribution is 7.92. The molecule has 0 aliphatic rings. The molecule has 0 aliphatic heterocycles. The molecule has 0 aromatic heterocycles. The summed E-state index contributed by atoms with van der Waals surface area (Å²) in [5.74, 6) is -0.0960. The third-order valence-electron chi connectivity index (χ3n) is 2.46. The normalized spacial score (nSPS) is 11.4. The van der Waals surface area contributed by atoms with Gasteiger partial charge in [0, 0.05) is 5.69 Å². The Morgan fingerprint density at radius 3 is 2.56 bits per heavy atom. The standard InChI is InChI=1S/C12H11NO4S/c1-18(16,17)13-9-3-4-10-8(6-9)2-5-12(15)11(10)7-14/h2-7,13,15H,1H3. The van der Waals surface area contributed by atoms with Crippen molar-refractivity contribution in [3.63, 3.8) is 0 Å². The molecule has 0 fully saturated rings. The van der Waals surface area contributed by atoms with E-state index in [2.05, 4.69) is 4.72 Å². The predicted octanol–water partition coefficient (Wildman–Crippen LogP) is 1.73. The molecule has 2 rings (SSSR count). The Labute approximate surface area is 104 Å². The average Bonchev–Trinajstić information content (AvgIpc) is 2.27. The third kappa shape index (κ3) is 2.43. The number of aldehydes is 1. The van der Waals surface area contributed by atoms with Gasteiger partial charge in [-0.3, -0.25) is 9.52 Å². The van der Waals surface area contributed by atoms with Crippen LogP contribution < -0.4 is 4.72 Å². The quantitative estimate of drug-likeness (QED) is 0.828. The zero-order valence-electron chi connectivity index (χ0n) is 9.54. The Bertz CT molecular complexity index is 722. The molecule has 0 heterocycles. The fourth-order valence-corrected chi connectivity index (χ4v) is 2.30. The maximum Gasteiger partial charge on any atom is 0.229 e. The maximum atomic E-state index is 11.1. The molecule has 0 aliphatic carbocycles. The number of fused-ring (bicyclic) bond motifs is 1. The molecule has 0 unspecified atom stereocenters. The van der Waals surface area contributed by atoms with Crippen molar-refractivity contribution in [2.24, 2.45) is 0 Å². The number of aromatic hydroxyl groups is 1. The van der Waals surface area contributed by atoms with Gasteiger partial charge in [0.1, 0.15) is 5.75 Å². The van der Waals surface area contributed by atoms with E-state index >= 15 is 0 Å². The van der Waals surface area contributed by atoms with Crippen molar-refractivity contribution < 1.29 is 18.3 Å². The second kappa shape index (κ2) is 4.30. The summed E-state index contributed by atoms with van der Waals surface area (Å²) in [4.78, 5) is 10.9. The summed E-state index contributed by atoms with van der Waals surface area (Å²) in [6.07, 6.45) is 1.63. The Hall–Kier alpha value is -2.08. The van der Waals surface area contributed by atoms with Gasteiger partial charge in [-0.25, -0.2) is 8.42 Å². The van der Waals surface area contributed by atoms with E-state index in [0.29, 0.717) is 22.7 Å². The summed E-state index contributed by atoms with van der Waals surface area (Å²) < 4.78 is 24.6. The number of carbonyl (C=O) groups excluding carboxylic acids is 1. The number of benzene rings is 2. The van der Waals surface area contributed by atoms with Crippen LogP contribution >= 0.6 is 0 Å². The van der Waals surface area contributed by atoms with Crippen LogP contribution in [0.1, 0.15) is 10.4 Å². The van der Waals surface area contributed by atoms with Gasteiger partial charge in [0.25, 0.3) is 0 Å². The molecule has 0 amide bonds. The molecule has 2 N–H and O–H groups in total. The molecule has 6 heteroatoms. The Kier molecular flexibility index (Phi) is 2.96. The van der Waals surface area contributed by atoms with Gasteiger partial charge in [-0.15, -0.1) is 0 Å². The van der Waals surface area contributed by atoms with Gasteiger partial charge in [0.2, 0.25) is 10.0 Å². The van der Waals surface area contributed by atoms with Gasteiger partial charge in [0.15, 0.2) is 6.29 Å². The van der Waals surface area contributed by atoms with Crippen molar-refractivity contribution in [2.75, 3.05) is 11.0 Å². The molecule has 2 aromatic rings. The molecule has 0 bridgehead atoms. The smallest absolute Gasteiger partial charge is 0.229 e. The fourth-order valence-electron chi connectivity index (χ4n) is 1.74. The van der Waals surface area contributed by atoms with Crippen LogP contribution in [0.4, 0.5) is 5.69 Å². The molecular weight excluding hydrogens is 254 g/mol. The van der Waals surface area contributed by atoms with Gasteiger partial charge in [-0.1, -0.05) is 12.1 Å². The number of carbonyl (C=O) groups is 1. The molecule has 94 valence electrons. The summed E-state index contributed by atoms with van der Waals surface area (Å²) in [6.45, 7) is 0. The number of hydrogen-bond acceptors (Lipinski definition) is 4. The topological polar surface area (TPSA) is 83.5 Å². The monoisotopic (exact) mass is 265 g/mol. The van der Waals surface area contributed by atoms with Crippen LogP contribution in [0, 0.1) is 0 Å². The van der Waals surface area contributed by atoms with Crippen molar-refractivity contribution in [2.45, 2.75) is 0 Å². The fraction of sp³-hybridized carbons (Fsp3) is 0.0833. The van der Waals surface area contributed by atoms with Crippen LogP contribution in [0.2, 0.25) is 0 Å². The lowest BCUT2D eigenvalue weighted by atomic mass is 10.0. The van der Waals surface area contributed by atoms with Gasteiger partial charge in [-0.05, 0) is 29.0 Å². The molecule has 2 aromatic carbocycles. The zero-order chi connectivity index (χ0) is 13.3. The molecule has 0 atom stereocenters. The lowest BCUT2D eigenvalue weighted by molar-refractivity contribution is 0.112. The molecule has 0 spiro atoms. The Balaban J connectivity index is 2.61. The van der Waals surface area contributed by atoms with E-state index in [1.165, 1.54) is 12.1 Å². The zero-order valence-corrected chi connectivity index (χ0v) is 10.4. The van der Waals surface area contributed by atoms with Crippen molar-refractivity contribution in [3.05, 3.63) is 35.9 Å². The lowest BCUT2D eigenvalue weighted by Crippen LogP contribution is -2.09. The van der Waals surface area contributed by atoms with Crippen LogP contribution in [-0.4, -0.2) is 26.1 Å². The molecule has 0 radical (unpaired) electrons. The van der Waals surface area contributed by atoms with Crippen LogP contribution in [-0.2, 0) is 10.0 Å². The number of phenols is 1. The lowest BCUT2D eigenvalue weighted by Gasteiger charge is -2.07. The summed E-state index contributed by atoms with van der Waals surface area (Å²) in [6, 6.07) is 7.74. The van der Waals surface area contributed by atoms with Crippen LogP contribution in [0.25, 0.3) is 10.8 Å². The minimum atomic E-state index is -3.34. The minimum Gasteiger partial charge on any atom is -0.507 e. The first-order valence-corrected chi connectivity index (χ1v) is 6.98. The van der Waals surface area contributed by atoms with Gasteiger partial charge < -0.3 is 5.11 Å². The van der Waals surface area contributed by atoms with Crippen molar-refractivity contribution in [3.8, 4) is 5.75 Å². The van der Waals surface area contributed by atoms with Crippen molar-refractivity contribution >= 4 is 32.8 Å². The first kappa shape index (κ1) is 12.4. The molecular formula is C12H11NO4S. The van der Waals surface area contributed by atoms with Gasteiger partial charge in [0.05, 0.1) is 11.8 Å². The second-order valence-electron chi connectivity index (χ2n) is 3.93. The number of rotatable bonds is 3. The first-order valence-electron chi connectivity index (χ1n) is 5.09. The van der Waals surface area contributed by atoms with Crippen LogP contribution in [0.15, 0.2) is 30.3 Å². The average molecular weight is 265 g/mol. The summed E-state index contributed by atoms with van der Waals surface area (Å²) in [7, 11) is -3.34. The van der Waals surface area contributed by atoms with Gasteiger partial charge >= 0.3 is 0 Å². The van der Waals surface area contributed by atoms with Gasteiger partial charge in [-0.2, -0.15) is 0 Å². The Morgan fingerprint density at radius 1 is 1.22 bits per heavy atom. The van der Waals surface area contributed by atoms with E-state index in [1.54, 1.807) is 18.2 Å². The SMILES string of the molecule is CS(=O)(=O)Nc1ccc2c(C=O)c(O)ccc2c1. The number of sulfonamides is 1. The summed E-state index contributed by atoms with van der Waals surface area (Å²) >= 11 is 0. The van der Waals surface area contributed by atoms with E-state index in [4.69, 9.17) is 0 Å². The number of anilines is 1. The largest absolute Gasteiger partial charge is 0.507 e. The van der Waals surface area contributed by atoms with Crippen LogP contribution in [0.5, 0.6) is 5.75 Å². The second-order valence-corrected chi connectivity index (χ2v) is 5.67. The molecule has 18 heavy (non-hydrogen) atoms. The minimum absolute atomic E-state index is 0.0960. The van der Waals surface area contributed by atoms with E-state index in [0.717, 1.165) is 6.26 Å². The highest BCUT2D eigenvalue weighted by Gasteiger charge is 2.08. The Morgan fingerprint density at radius 2 is 1.94 bits per heavy atom. The number of nitrogens with one attached hydrogen (secondary N) is 1. The molecule has 5 nitrogen and oxygen atoms in total. The van der Waals surface area contributed by atoms with E-state index in [1.807, 2.05) is 0 Å². The van der Waals surface area contributed by atoms with E-state index in [-0.39, 0.29) is 11.3 Å². The highest BCUT2D eigenvalue weighted by atomic mass is 32.2. The highest BCUT2D eigenvalue weighted by Crippen LogP contribution is 2.27.